The largest absolute Gasteiger partial charge is 0.481 e. The van der Waals surface area contributed by atoms with Crippen LogP contribution in [0.3, 0.4) is 0 Å². The van der Waals surface area contributed by atoms with Crippen LogP contribution in [0.25, 0.3) is 0 Å². The Balaban J connectivity index is 0. The highest BCUT2D eigenvalue weighted by molar-refractivity contribution is 5.69. The van der Waals surface area contributed by atoms with Gasteiger partial charge in [0.2, 0.25) is 0 Å². The van der Waals surface area contributed by atoms with Crippen LogP contribution in [0.1, 0.15) is 6.42 Å². The van der Waals surface area contributed by atoms with Gasteiger partial charge >= 0.3 is 5.97 Å². The summed E-state index contributed by atoms with van der Waals surface area (Å²) in [6, 6.07) is 0. The van der Waals surface area contributed by atoms with E-state index >= 15 is 0 Å². The molecule has 0 bridgehead atoms. The molecule has 1 unspecified atom stereocenters. The van der Waals surface area contributed by atoms with Gasteiger partial charge in [0.25, 0.3) is 0 Å². The van der Waals surface area contributed by atoms with Gasteiger partial charge in [0, 0.05) is 6.61 Å². The van der Waals surface area contributed by atoms with E-state index in [0.717, 1.165) is 0 Å². The van der Waals surface area contributed by atoms with Crippen molar-refractivity contribution in [1.82, 2.24) is 6.15 Å². The lowest BCUT2D eigenvalue weighted by atomic mass is 10.1. The summed E-state index contributed by atoms with van der Waals surface area (Å²) < 4.78 is 0. The second-order valence-electron chi connectivity index (χ2n) is 1.73. The molecule has 0 radical (unpaired) electrons. The van der Waals surface area contributed by atoms with Crippen LogP contribution in [0, 0.1) is 5.92 Å². The maximum absolute atomic E-state index is 10.0. The molecule has 0 heterocycles. The molecule has 0 aliphatic heterocycles. The van der Waals surface area contributed by atoms with Gasteiger partial charge in [0.15, 0.2) is 0 Å². The Morgan fingerprint density at radius 1 is 1.40 bits per heavy atom. The number of carboxylic acid groups (broad SMARTS) is 1. The number of carbonyl (C=O) groups is 1. The molecule has 10 heavy (non-hydrogen) atoms. The van der Waals surface area contributed by atoms with E-state index in [1.165, 1.54) is 0 Å². The Hall–Kier alpha value is -0.650. The summed E-state index contributed by atoms with van der Waals surface area (Å²) in [5, 5.41) is 24.8. The molecule has 0 rings (SSSR count). The zero-order chi connectivity index (χ0) is 7.28. The van der Waals surface area contributed by atoms with Crippen LogP contribution >= 0.6 is 0 Å². The molecule has 6 N–H and O–H groups in total. The fraction of sp³-hybridized carbons (Fsp3) is 0.800. The highest BCUT2D eigenvalue weighted by Gasteiger charge is 2.14. The topological polar surface area (TPSA) is 113 Å². The zero-order valence-electron chi connectivity index (χ0n) is 5.66. The summed E-state index contributed by atoms with van der Waals surface area (Å²) in [5.41, 5.74) is 0. The van der Waals surface area contributed by atoms with Gasteiger partial charge in [-0.3, -0.25) is 4.79 Å². The van der Waals surface area contributed by atoms with Crippen LogP contribution in [0.15, 0.2) is 0 Å². The van der Waals surface area contributed by atoms with E-state index in [2.05, 4.69) is 0 Å². The molecule has 0 aromatic rings. The molecule has 0 fully saturated rings. The van der Waals surface area contributed by atoms with Crippen LogP contribution < -0.4 is 6.15 Å². The minimum Gasteiger partial charge on any atom is -0.481 e. The molecule has 0 saturated carbocycles. The smallest absolute Gasteiger partial charge is 0.308 e. The Kier molecular flexibility index (Phi) is 7.81. The Morgan fingerprint density at radius 2 is 1.90 bits per heavy atom. The van der Waals surface area contributed by atoms with Crippen molar-refractivity contribution in [2.75, 3.05) is 13.2 Å². The van der Waals surface area contributed by atoms with Gasteiger partial charge in [-0.15, -0.1) is 0 Å². The number of hydrogen-bond donors (Lipinski definition) is 4. The number of rotatable bonds is 4. The van der Waals surface area contributed by atoms with E-state index in [1.54, 1.807) is 0 Å². The number of aliphatic hydroxyl groups excluding tert-OH is 2. The summed E-state index contributed by atoms with van der Waals surface area (Å²) in [7, 11) is 0. The first-order chi connectivity index (χ1) is 4.22. The lowest BCUT2D eigenvalue weighted by Gasteiger charge is -2.04. The SMILES string of the molecule is N.O=C(O)C(CO)CCO. The number of carboxylic acids is 1. The summed E-state index contributed by atoms with van der Waals surface area (Å²) in [6.45, 7) is -0.604. The van der Waals surface area contributed by atoms with Crippen LogP contribution in [0.5, 0.6) is 0 Å². The van der Waals surface area contributed by atoms with Crippen molar-refractivity contribution >= 4 is 5.97 Å². The van der Waals surface area contributed by atoms with E-state index in [1.807, 2.05) is 0 Å². The van der Waals surface area contributed by atoms with E-state index < -0.39 is 18.5 Å². The van der Waals surface area contributed by atoms with Crippen molar-refractivity contribution < 1.29 is 20.1 Å². The third-order valence-corrected chi connectivity index (χ3v) is 1.05. The van der Waals surface area contributed by atoms with Crippen LogP contribution in [-0.2, 0) is 4.79 Å². The highest BCUT2D eigenvalue weighted by atomic mass is 16.4. The molecule has 0 aliphatic carbocycles. The molecule has 0 spiro atoms. The number of hydrogen-bond acceptors (Lipinski definition) is 4. The zero-order valence-corrected chi connectivity index (χ0v) is 5.66. The van der Waals surface area contributed by atoms with E-state index in [9.17, 15) is 4.79 Å². The molecule has 5 nitrogen and oxygen atoms in total. The van der Waals surface area contributed by atoms with Crippen LogP contribution in [0.4, 0.5) is 0 Å². The molecule has 0 aromatic heterocycles. The molecular weight excluding hydrogens is 138 g/mol. The predicted octanol–water partition coefficient (Wildman–Crippen LogP) is -0.776. The average molecular weight is 151 g/mol. The van der Waals surface area contributed by atoms with Gasteiger partial charge in [-0.1, -0.05) is 0 Å². The predicted molar refractivity (Wildman–Crippen MR) is 34.9 cm³/mol. The first-order valence-electron chi connectivity index (χ1n) is 2.67. The lowest BCUT2D eigenvalue weighted by molar-refractivity contribution is -0.143. The fourth-order valence-corrected chi connectivity index (χ4v) is 0.449. The first-order valence-corrected chi connectivity index (χ1v) is 2.67. The third kappa shape index (κ3) is 4.25. The summed E-state index contributed by atoms with van der Waals surface area (Å²) in [4.78, 5) is 10.0. The molecule has 62 valence electrons. The monoisotopic (exact) mass is 151 g/mol. The Bertz CT molecular complexity index is 95.6. The van der Waals surface area contributed by atoms with Crippen molar-refractivity contribution in [2.45, 2.75) is 6.42 Å². The maximum atomic E-state index is 10.0. The van der Waals surface area contributed by atoms with Gasteiger partial charge in [-0.05, 0) is 6.42 Å². The lowest BCUT2D eigenvalue weighted by Crippen LogP contribution is -2.18. The molecular formula is C5H13NO4. The second kappa shape index (κ2) is 6.47. The Morgan fingerprint density at radius 3 is 2.00 bits per heavy atom. The maximum Gasteiger partial charge on any atom is 0.308 e. The third-order valence-electron chi connectivity index (χ3n) is 1.05. The summed E-state index contributed by atoms with van der Waals surface area (Å²) >= 11 is 0. The number of aliphatic carboxylic acids is 1. The molecule has 0 aliphatic rings. The van der Waals surface area contributed by atoms with Crippen molar-refractivity contribution in [2.24, 2.45) is 5.92 Å². The molecule has 5 heteroatoms. The molecule has 0 aromatic carbocycles. The van der Waals surface area contributed by atoms with Crippen molar-refractivity contribution in [3.05, 3.63) is 0 Å². The van der Waals surface area contributed by atoms with E-state index in [0.29, 0.717) is 0 Å². The normalized spacial score (nSPS) is 11.8. The van der Waals surface area contributed by atoms with Gasteiger partial charge < -0.3 is 21.5 Å². The van der Waals surface area contributed by atoms with Gasteiger partial charge in [-0.25, -0.2) is 0 Å². The fourth-order valence-electron chi connectivity index (χ4n) is 0.449. The number of aliphatic hydroxyl groups is 2. The van der Waals surface area contributed by atoms with Gasteiger partial charge in [-0.2, -0.15) is 0 Å². The van der Waals surface area contributed by atoms with Crippen LogP contribution in [-0.4, -0.2) is 34.5 Å². The minimum atomic E-state index is -1.06. The highest BCUT2D eigenvalue weighted by Crippen LogP contribution is 1.99. The van der Waals surface area contributed by atoms with Crippen molar-refractivity contribution in [3.63, 3.8) is 0 Å². The van der Waals surface area contributed by atoms with Gasteiger partial charge in [0.05, 0.1) is 12.5 Å². The quantitative estimate of drug-likeness (QED) is 0.421. The molecule has 0 saturated heterocycles. The molecule has 1 atom stereocenters. The molecule has 0 amide bonds. The van der Waals surface area contributed by atoms with E-state index in [4.69, 9.17) is 15.3 Å². The Labute approximate surface area is 58.9 Å². The standard InChI is InChI=1S/C5H10O4.H3N/c6-2-1-4(3-7)5(8)9;/h4,6-7H,1-3H2,(H,8,9);1H3. The average Bonchev–Trinajstić information content (AvgIpc) is 1.82. The summed E-state index contributed by atoms with van der Waals surface area (Å²) in [6.07, 6.45) is 0.117. The van der Waals surface area contributed by atoms with Crippen molar-refractivity contribution in [1.29, 1.82) is 0 Å². The van der Waals surface area contributed by atoms with Crippen LogP contribution in [0.2, 0.25) is 0 Å². The van der Waals surface area contributed by atoms with Gasteiger partial charge in [0.1, 0.15) is 0 Å². The first kappa shape index (κ1) is 12.1. The minimum absolute atomic E-state index is 0. The van der Waals surface area contributed by atoms with Crippen molar-refractivity contribution in [3.8, 4) is 0 Å². The second-order valence-corrected chi connectivity index (χ2v) is 1.73. The summed E-state index contributed by atoms with van der Waals surface area (Å²) in [5.74, 6) is -1.87. The van der Waals surface area contributed by atoms with E-state index in [-0.39, 0.29) is 19.2 Å².